The van der Waals surface area contributed by atoms with Gasteiger partial charge in [-0.25, -0.2) is 0 Å². The van der Waals surface area contributed by atoms with Gasteiger partial charge >= 0.3 is 0 Å². The van der Waals surface area contributed by atoms with Crippen molar-refractivity contribution in [2.24, 2.45) is 10.7 Å². The molecule has 3 N–H and O–H groups in total. The molecule has 1 unspecified atom stereocenters. The van der Waals surface area contributed by atoms with Crippen LogP contribution in [0.1, 0.15) is 18.1 Å². The molecule has 1 aliphatic heterocycles. The maximum atomic E-state index is 6.01. The molecule has 0 bridgehead atoms. The number of rotatable bonds is 4. The van der Waals surface area contributed by atoms with Crippen LogP contribution in [0.3, 0.4) is 0 Å². The van der Waals surface area contributed by atoms with Crippen LogP contribution in [0.4, 0.5) is 11.4 Å². The number of halogens is 1. The van der Waals surface area contributed by atoms with Crippen LogP contribution in [0.25, 0.3) is 0 Å². The van der Waals surface area contributed by atoms with Gasteiger partial charge in [-0.2, -0.15) is 0 Å². The van der Waals surface area contributed by atoms with Crippen molar-refractivity contribution >= 4 is 41.3 Å². The van der Waals surface area contributed by atoms with Crippen LogP contribution in [0, 0.1) is 6.92 Å². The molecule has 0 radical (unpaired) electrons. The molecule has 5 heteroatoms. The van der Waals surface area contributed by atoms with Gasteiger partial charge in [0.25, 0.3) is 0 Å². The molecule has 3 rings (SSSR count). The van der Waals surface area contributed by atoms with Crippen molar-refractivity contribution in [2.75, 3.05) is 23.3 Å². The summed E-state index contributed by atoms with van der Waals surface area (Å²) in [5.74, 6) is 0.466. The van der Waals surface area contributed by atoms with E-state index in [1.165, 1.54) is 16.8 Å². The number of hydrogen-bond acceptors (Lipinski definition) is 2. The fraction of sp³-hybridized carbons (Fsp3) is 0.316. The fourth-order valence-corrected chi connectivity index (χ4v) is 2.97. The summed E-state index contributed by atoms with van der Waals surface area (Å²) >= 11 is 0. The van der Waals surface area contributed by atoms with Gasteiger partial charge < -0.3 is 16.0 Å². The Balaban J connectivity index is 0.00000208. The normalized spacial score (nSPS) is 14.8. The summed E-state index contributed by atoms with van der Waals surface area (Å²) in [6.07, 6.45) is 1.11. The highest BCUT2D eigenvalue weighted by molar-refractivity contribution is 14.0. The lowest BCUT2D eigenvalue weighted by atomic mass is 10.2. The smallest absolute Gasteiger partial charge is 0.193 e. The molecule has 0 saturated carbocycles. The molecule has 4 nitrogen and oxygen atoms in total. The van der Waals surface area contributed by atoms with Gasteiger partial charge in [0.15, 0.2) is 5.96 Å². The van der Waals surface area contributed by atoms with Gasteiger partial charge in [0.1, 0.15) is 0 Å². The molecule has 0 aromatic heterocycles. The quantitative estimate of drug-likeness (QED) is 0.436. The van der Waals surface area contributed by atoms with E-state index in [9.17, 15) is 0 Å². The first-order valence-corrected chi connectivity index (χ1v) is 8.11. The van der Waals surface area contributed by atoms with Crippen molar-refractivity contribution in [1.29, 1.82) is 0 Å². The predicted octanol–water partition coefficient (Wildman–Crippen LogP) is 3.79. The van der Waals surface area contributed by atoms with E-state index in [4.69, 9.17) is 5.73 Å². The second-order valence-electron chi connectivity index (χ2n) is 6.14. The molecule has 0 spiro atoms. The van der Waals surface area contributed by atoms with Gasteiger partial charge in [0.05, 0.1) is 6.54 Å². The number of hydrogen-bond donors (Lipinski definition) is 2. The third kappa shape index (κ3) is 4.41. The average Bonchev–Trinajstić information content (AvgIpc) is 2.99. The Hall–Kier alpha value is -1.76. The van der Waals surface area contributed by atoms with Crippen molar-refractivity contribution in [3.63, 3.8) is 0 Å². The maximum Gasteiger partial charge on any atom is 0.193 e. The lowest BCUT2D eigenvalue weighted by Crippen LogP contribution is -2.35. The van der Waals surface area contributed by atoms with Gasteiger partial charge in [0, 0.05) is 24.0 Å². The maximum absolute atomic E-state index is 6.01. The molecule has 0 aliphatic carbocycles. The Bertz CT molecular complexity index is 697. The van der Waals surface area contributed by atoms with Crippen LogP contribution in [-0.2, 0) is 6.42 Å². The summed E-state index contributed by atoms with van der Waals surface area (Å²) in [4.78, 5) is 6.92. The van der Waals surface area contributed by atoms with Crippen molar-refractivity contribution < 1.29 is 0 Å². The summed E-state index contributed by atoms with van der Waals surface area (Å²) in [6, 6.07) is 17.1. The highest BCUT2D eigenvalue weighted by atomic mass is 127. The summed E-state index contributed by atoms with van der Waals surface area (Å²) in [7, 11) is 0. The second-order valence-corrected chi connectivity index (χ2v) is 6.14. The van der Waals surface area contributed by atoms with Crippen LogP contribution in [-0.4, -0.2) is 25.1 Å². The Kier molecular flexibility index (Phi) is 6.48. The van der Waals surface area contributed by atoms with E-state index in [1.54, 1.807) is 0 Å². The number of benzene rings is 2. The Morgan fingerprint density at radius 2 is 1.92 bits per heavy atom. The molecule has 128 valence electrons. The molecular weight excluding hydrogens is 411 g/mol. The van der Waals surface area contributed by atoms with Crippen molar-refractivity contribution in [2.45, 2.75) is 26.3 Å². The Morgan fingerprint density at radius 1 is 1.21 bits per heavy atom. The molecule has 0 amide bonds. The highest BCUT2D eigenvalue weighted by Crippen LogP contribution is 2.29. The van der Waals surface area contributed by atoms with Crippen LogP contribution in [0.15, 0.2) is 53.5 Å². The van der Waals surface area contributed by atoms with Crippen LogP contribution >= 0.6 is 24.0 Å². The number of nitrogens with zero attached hydrogens (tertiary/aromatic N) is 2. The van der Waals surface area contributed by atoms with E-state index in [1.807, 2.05) is 12.1 Å². The molecule has 1 aliphatic rings. The van der Waals surface area contributed by atoms with Crippen LogP contribution < -0.4 is 16.0 Å². The molecular formula is C19H25IN4. The summed E-state index contributed by atoms with van der Waals surface area (Å²) in [5.41, 5.74) is 11.0. The highest BCUT2D eigenvalue weighted by Gasteiger charge is 2.22. The fourth-order valence-electron chi connectivity index (χ4n) is 2.97. The zero-order chi connectivity index (χ0) is 16.2. The standard InChI is InChI=1S/C19H24N4.HI/c1-14-7-9-17(10-8-14)22-19(20)21-13-15(2)23-12-11-16-5-3-4-6-18(16)23;/h3-10,15H,11-13H2,1-2H3,(H3,20,21,22);1H. The molecule has 24 heavy (non-hydrogen) atoms. The lowest BCUT2D eigenvalue weighted by molar-refractivity contribution is 0.663. The molecule has 1 heterocycles. The third-order valence-corrected chi connectivity index (χ3v) is 4.30. The van der Waals surface area contributed by atoms with Crippen molar-refractivity contribution in [1.82, 2.24) is 0 Å². The van der Waals surface area contributed by atoms with E-state index in [-0.39, 0.29) is 24.0 Å². The van der Waals surface area contributed by atoms with Crippen molar-refractivity contribution in [3.8, 4) is 0 Å². The number of nitrogens with two attached hydrogens (primary N) is 1. The van der Waals surface area contributed by atoms with E-state index < -0.39 is 0 Å². The van der Waals surface area contributed by atoms with E-state index >= 15 is 0 Å². The Morgan fingerprint density at radius 3 is 2.67 bits per heavy atom. The largest absolute Gasteiger partial charge is 0.370 e. The van der Waals surface area contributed by atoms with Gasteiger partial charge in [-0.05, 0) is 44.0 Å². The second kappa shape index (κ2) is 8.37. The predicted molar refractivity (Wildman–Crippen MR) is 114 cm³/mol. The summed E-state index contributed by atoms with van der Waals surface area (Å²) < 4.78 is 0. The monoisotopic (exact) mass is 436 g/mol. The number of aryl methyl sites for hydroxylation is 1. The number of anilines is 2. The van der Waals surface area contributed by atoms with E-state index in [0.717, 1.165) is 18.7 Å². The third-order valence-electron chi connectivity index (χ3n) is 4.30. The van der Waals surface area contributed by atoms with Crippen molar-refractivity contribution in [3.05, 3.63) is 59.7 Å². The van der Waals surface area contributed by atoms with E-state index in [2.05, 4.69) is 65.5 Å². The minimum absolute atomic E-state index is 0. The summed E-state index contributed by atoms with van der Waals surface area (Å²) in [5, 5.41) is 3.14. The molecule has 2 aromatic rings. The van der Waals surface area contributed by atoms with Gasteiger partial charge in [-0.15, -0.1) is 24.0 Å². The first-order chi connectivity index (χ1) is 11.1. The minimum Gasteiger partial charge on any atom is -0.370 e. The number of aliphatic imine (C=N–C) groups is 1. The first kappa shape index (κ1) is 18.6. The first-order valence-electron chi connectivity index (χ1n) is 8.11. The van der Waals surface area contributed by atoms with Gasteiger partial charge in [0.2, 0.25) is 0 Å². The zero-order valence-corrected chi connectivity index (χ0v) is 16.5. The lowest BCUT2D eigenvalue weighted by Gasteiger charge is -2.26. The number of nitrogens with one attached hydrogen (secondary N) is 1. The zero-order valence-electron chi connectivity index (χ0n) is 14.2. The molecule has 0 fully saturated rings. The number of fused-ring (bicyclic) bond motifs is 1. The molecule has 0 saturated heterocycles. The topological polar surface area (TPSA) is 53.6 Å². The van der Waals surface area contributed by atoms with Crippen LogP contribution in [0.2, 0.25) is 0 Å². The molecule has 2 aromatic carbocycles. The molecule has 1 atom stereocenters. The van der Waals surface area contributed by atoms with Crippen LogP contribution in [0.5, 0.6) is 0 Å². The SMILES string of the molecule is Cc1ccc(NC(N)=NCC(C)N2CCc3ccccc32)cc1.I. The number of guanidine groups is 1. The van der Waals surface area contributed by atoms with Gasteiger partial charge in [-0.1, -0.05) is 35.9 Å². The Labute approximate surface area is 161 Å². The summed E-state index contributed by atoms with van der Waals surface area (Å²) in [6.45, 7) is 6.00. The van der Waals surface area contributed by atoms with E-state index in [0.29, 0.717) is 18.5 Å². The van der Waals surface area contributed by atoms with Gasteiger partial charge in [-0.3, -0.25) is 4.99 Å². The number of para-hydroxylation sites is 1. The average molecular weight is 436 g/mol. The minimum atomic E-state index is 0.